The van der Waals surface area contributed by atoms with Crippen LogP contribution in [-0.4, -0.2) is 11.7 Å². The van der Waals surface area contributed by atoms with Gasteiger partial charge in [0.1, 0.15) is 0 Å². The minimum absolute atomic E-state index is 0.0273. The predicted octanol–water partition coefficient (Wildman–Crippen LogP) is 4.26. The number of hydrogen-bond acceptors (Lipinski definition) is 1. The van der Waals surface area contributed by atoms with E-state index in [1.165, 1.54) is 0 Å². The third-order valence-corrected chi connectivity index (χ3v) is 2.50. The smallest absolute Gasteiger partial charge is 0.192 e. The lowest BCUT2D eigenvalue weighted by Gasteiger charge is -2.01. The Balaban J connectivity index is 2.92. The van der Waals surface area contributed by atoms with Gasteiger partial charge in [0.25, 0.3) is 0 Å². The molecular weight excluding hydrogens is 243 g/mol. The molecule has 0 aliphatic carbocycles. The molecule has 0 heterocycles. The summed E-state index contributed by atoms with van der Waals surface area (Å²) in [6.45, 7) is 1.82. The highest BCUT2D eigenvalue weighted by atomic mass is 35.5. The number of alkyl halides is 1. The van der Waals surface area contributed by atoms with Crippen LogP contribution >= 0.6 is 23.2 Å². The van der Waals surface area contributed by atoms with Gasteiger partial charge in [0.2, 0.25) is 0 Å². The van der Waals surface area contributed by atoms with Gasteiger partial charge in [-0.2, -0.15) is 0 Å². The number of hydrogen-bond donors (Lipinski definition) is 0. The summed E-state index contributed by atoms with van der Waals surface area (Å²) in [4.78, 5) is 12.0. The second kappa shape index (κ2) is 6.51. The summed E-state index contributed by atoms with van der Waals surface area (Å²) in [6.07, 6.45) is 5.23. The number of carbonyl (C=O) groups excluding carboxylic acids is 1. The predicted molar refractivity (Wildman–Crippen MR) is 69.4 cm³/mol. The van der Waals surface area contributed by atoms with Crippen molar-refractivity contribution in [3.8, 4) is 0 Å². The van der Waals surface area contributed by atoms with Gasteiger partial charge < -0.3 is 0 Å². The van der Waals surface area contributed by atoms with E-state index >= 15 is 0 Å². The maximum atomic E-state index is 12.0. The Morgan fingerprint density at radius 3 is 2.44 bits per heavy atom. The molecule has 0 atom stereocenters. The summed E-state index contributed by atoms with van der Waals surface area (Å²) in [5.41, 5.74) is 1.25. The molecule has 0 unspecified atom stereocenters. The fraction of sp³-hybridized carbons (Fsp3) is 0.154. The minimum Gasteiger partial charge on any atom is -0.289 e. The Morgan fingerprint density at radius 2 is 1.94 bits per heavy atom. The van der Waals surface area contributed by atoms with E-state index in [9.17, 15) is 4.79 Å². The molecule has 0 saturated heterocycles. The highest BCUT2D eigenvalue weighted by Crippen LogP contribution is 2.14. The summed E-state index contributed by atoms with van der Waals surface area (Å²) in [5.74, 6) is 0.367. The normalized spacial score (nSPS) is 12.1. The SMILES string of the molecule is C/C=C(\C=C/CCl)C(=O)c1ccc(Cl)cc1. The number of benzene rings is 1. The Morgan fingerprint density at radius 1 is 1.31 bits per heavy atom. The topological polar surface area (TPSA) is 17.1 Å². The van der Waals surface area contributed by atoms with Gasteiger partial charge in [-0.05, 0) is 31.2 Å². The van der Waals surface area contributed by atoms with Crippen LogP contribution < -0.4 is 0 Å². The van der Waals surface area contributed by atoms with Crippen molar-refractivity contribution in [1.82, 2.24) is 0 Å². The maximum absolute atomic E-state index is 12.0. The third-order valence-electron chi connectivity index (χ3n) is 2.07. The quantitative estimate of drug-likeness (QED) is 0.340. The Hall–Kier alpha value is -1.05. The molecule has 0 N–H and O–H groups in total. The van der Waals surface area contributed by atoms with Crippen molar-refractivity contribution in [2.45, 2.75) is 6.92 Å². The fourth-order valence-corrected chi connectivity index (χ4v) is 1.46. The second-order valence-corrected chi connectivity index (χ2v) is 3.88. The lowest BCUT2D eigenvalue weighted by Crippen LogP contribution is -2.01. The highest BCUT2D eigenvalue weighted by Gasteiger charge is 2.08. The van der Waals surface area contributed by atoms with Gasteiger partial charge in [-0.25, -0.2) is 0 Å². The Kier molecular flexibility index (Phi) is 5.30. The van der Waals surface area contributed by atoms with E-state index in [1.807, 2.05) is 6.92 Å². The van der Waals surface area contributed by atoms with Crippen molar-refractivity contribution in [1.29, 1.82) is 0 Å². The lowest BCUT2D eigenvalue weighted by atomic mass is 10.0. The molecule has 0 spiro atoms. The van der Waals surface area contributed by atoms with Crippen LogP contribution in [0.1, 0.15) is 17.3 Å². The van der Waals surface area contributed by atoms with E-state index in [4.69, 9.17) is 23.2 Å². The molecule has 3 heteroatoms. The fourth-order valence-electron chi connectivity index (χ4n) is 1.24. The van der Waals surface area contributed by atoms with Crippen molar-refractivity contribution in [2.24, 2.45) is 0 Å². The number of halogens is 2. The molecule has 0 fully saturated rings. The van der Waals surface area contributed by atoms with Gasteiger partial charge in [-0.3, -0.25) is 4.79 Å². The zero-order valence-electron chi connectivity index (χ0n) is 8.91. The van der Waals surface area contributed by atoms with E-state index in [0.29, 0.717) is 22.0 Å². The Labute approximate surface area is 105 Å². The molecule has 84 valence electrons. The van der Waals surface area contributed by atoms with Gasteiger partial charge in [-0.15, -0.1) is 11.6 Å². The maximum Gasteiger partial charge on any atom is 0.192 e. The van der Waals surface area contributed by atoms with Gasteiger partial charge >= 0.3 is 0 Å². The van der Waals surface area contributed by atoms with E-state index in [2.05, 4.69) is 0 Å². The number of allylic oxidation sites excluding steroid dienone is 4. The summed E-state index contributed by atoms with van der Waals surface area (Å²) < 4.78 is 0. The van der Waals surface area contributed by atoms with Crippen LogP contribution in [0, 0.1) is 0 Å². The highest BCUT2D eigenvalue weighted by molar-refractivity contribution is 6.30. The van der Waals surface area contributed by atoms with E-state index in [-0.39, 0.29) is 5.78 Å². The molecule has 1 nitrogen and oxygen atoms in total. The van der Waals surface area contributed by atoms with Gasteiger partial charge in [0, 0.05) is 22.0 Å². The van der Waals surface area contributed by atoms with Gasteiger partial charge in [-0.1, -0.05) is 29.8 Å². The average molecular weight is 255 g/mol. The molecule has 16 heavy (non-hydrogen) atoms. The van der Waals surface area contributed by atoms with Crippen LogP contribution in [0.3, 0.4) is 0 Å². The van der Waals surface area contributed by atoms with E-state index < -0.39 is 0 Å². The second-order valence-electron chi connectivity index (χ2n) is 3.14. The summed E-state index contributed by atoms with van der Waals surface area (Å²) in [6, 6.07) is 6.83. The van der Waals surface area contributed by atoms with E-state index in [1.54, 1.807) is 42.5 Å². The number of carbonyl (C=O) groups is 1. The van der Waals surface area contributed by atoms with Crippen molar-refractivity contribution >= 4 is 29.0 Å². The first-order valence-corrected chi connectivity index (χ1v) is 5.79. The number of Topliss-reactive ketones (excluding diaryl/α,β-unsaturated/α-hetero) is 1. The lowest BCUT2D eigenvalue weighted by molar-refractivity contribution is 0.103. The first-order chi connectivity index (χ1) is 7.69. The van der Waals surface area contributed by atoms with Gasteiger partial charge in [0.05, 0.1) is 0 Å². The molecule has 0 saturated carbocycles. The molecule has 0 radical (unpaired) electrons. The van der Waals surface area contributed by atoms with Gasteiger partial charge in [0.15, 0.2) is 5.78 Å². The zero-order valence-corrected chi connectivity index (χ0v) is 10.4. The first kappa shape index (κ1) is 13.0. The van der Waals surface area contributed by atoms with Crippen LogP contribution in [0.25, 0.3) is 0 Å². The molecule has 1 aromatic rings. The third kappa shape index (κ3) is 3.51. The minimum atomic E-state index is -0.0273. The van der Waals surface area contributed by atoms with Crippen molar-refractivity contribution in [3.05, 3.63) is 58.7 Å². The average Bonchev–Trinajstić information content (AvgIpc) is 2.30. The summed E-state index contributed by atoms with van der Waals surface area (Å²) >= 11 is 11.3. The number of ketones is 1. The number of rotatable bonds is 4. The molecule has 1 rings (SSSR count). The molecule has 0 amide bonds. The van der Waals surface area contributed by atoms with E-state index in [0.717, 1.165) is 0 Å². The molecule has 1 aromatic carbocycles. The van der Waals surface area contributed by atoms with Crippen molar-refractivity contribution < 1.29 is 4.79 Å². The van der Waals surface area contributed by atoms with Crippen molar-refractivity contribution in [3.63, 3.8) is 0 Å². The Bertz CT molecular complexity index is 416. The molecule has 0 aromatic heterocycles. The van der Waals surface area contributed by atoms with Crippen LogP contribution in [0.5, 0.6) is 0 Å². The molecule has 0 aliphatic heterocycles. The van der Waals surface area contributed by atoms with Crippen LogP contribution in [0.4, 0.5) is 0 Å². The summed E-state index contributed by atoms with van der Waals surface area (Å²) in [7, 11) is 0. The standard InChI is InChI=1S/C13H12Cl2O/c1-2-10(4-3-9-14)13(16)11-5-7-12(15)8-6-11/h2-8H,9H2,1H3/b4-3-,10-2+. The van der Waals surface area contributed by atoms with Crippen LogP contribution in [-0.2, 0) is 0 Å². The largest absolute Gasteiger partial charge is 0.289 e. The monoisotopic (exact) mass is 254 g/mol. The first-order valence-electron chi connectivity index (χ1n) is 4.88. The van der Waals surface area contributed by atoms with Crippen LogP contribution in [0.15, 0.2) is 48.1 Å². The van der Waals surface area contributed by atoms with Crippen LogP contribution in [0.2, 0.25) is 5.02 Å². The zero-order chi connectivity index (χ0) is 12.0. The summed E-state index contributed by atoms with van der Waals surface area (Å²) in [5, 5.41) is 0.620. The van der Waals surface area contributed by atoms with Crippen molar-refractivity contribution in [2.75, 3.05) is 5.88 Å². The molecule has 0 aliphatic rings. The molecule has 0 bridgehead atoms. The molecular formula is C13H12Cl2O.